The molecule has 0 spiro atoms. The molecule has 0 saturated carbocycles. The van der Waals surface area contributed by atoms with Crippen LogP contribution in [0.25, 0.3) is 10.8 Å². The van der Waals surface area contributed by atoms with Gasteiger partial charge >= 0.3 is 0 Å². The summed E-state index contributed by atoms with van der Waals surface area (Å²) in [5.74, 6) is 0.815. The van der Waals surface area contributed by atoms with Gasteiger partial charge in [0.15, 0.2) is 5.82 Å². The molecule has 1 N–H and O–H groups in total. The summed E-state index contributed by atoms with van der Waals surface area (Å²) in [5.41, 5.74) is 0. The van der Waals surface area contributed by atoms with Crippen molar-refractivity contribution in [2.24, 2.45) is 0 Å². The highest BCUT2D eigenvalue weighted by atomic mass is 16.5. The first kappa shape index (κ1) is 11.8. The van der Waals surface area contributed by atoms with Crippen molar-refractivity contribution in [2.45, 2.75) is 20.0 Å². The molecule has 1 aromatic carbocycles. The van der Waals surface area contributed by atoms with Gasteiger partial charge < -0.3 is 10.1 Å². The standard InChI is InChI=1S/C13H17N3O/c1-10(2)17-8-7-14-13-12-6-4-3-5-11(12)9-15-16-13/h3-6,9-10H,7-8H2,1-2H3,(H,14,16). The van der Waals surface area contributed by atoms with Gasteiger partial charge in [-0.1, -0.05) is 24.3 Å². The SMILES string of the molecule is CC(C)OCCNc1nncc2ccccc12. The van der Waals surface area contributed by atoms with Crippen LogP contribution in [-0.2, 0) is 4.74 Å². The molecule has 90 valence electrons. The third-order valence-corrected chi connectivity index (χ3v) is 2.42. The first-order chi connectivity index (χ1) is 8.27. The van der Waals surface area contributed by atoms with Crippen molar-refractivity contribution in [3.8, 4) is 0 Å². The molecule has 0 aliphatic heterocycles. The average Bonchev–Trinajstić information content (AvgIpc) is 2.34. The molecule has 0 fully saturated rings. The summed E-state index contributed by atoms with van der Waals surface area (Å²) in [6.07, 6.45) is 2.03. The number of rotatable bonds is 5. The number of ether oxygens (including phenoxy) is 1. The fourth-order valence-corrected chi connectivity index (χ4v) is 1.62. The number of fused-ring (bicyclic) bond motifs is 1. The summed E-state index contributed by atoms with van der Waals surface area (Å²) in [6.45, 7) is 5.46. The molecule has 0 radical (unpaired) electrons. The van der Waals surface area contributed by atoms with Crippen molar-refractivity contribution >= 4 is 16.6 Å². The highest BCUT2D eigenvalue weighted by molar-refractivity contribution is 5.90. The van der Waals surface area contributed by atoms with E-state index in [4.69, 9.17) is 4.74 Å². The molecule has 0 atom stereocenters. The highest BCUT2D eigenvalue weighted by Gasteiger charge is 2.01. The van der Waals surface area contributed by atoms with Crippen LogP contribution in [0.4, 0.5) is 5.82 Å². The van der Waals surface area contributed by atoms with Crippen molar-refractivity contribution in [1.29, 1.82) is 0 Å². The molecule has 0 aliphatic carbocycles. The lowest BCUT2D eigenvalue weighted by atomic mass is 10.2. The molecule has 1 heterocycles. The summed E-state index contributed by atoms with van der Waals surface area (Å²) in [4.78, 5) is 0. The Bertz CT molecular complexity index is 480. The van der Waals surface area contributed by atoms with Gasteiger partial charge in [0.2, 0.25) is 0 Å². The first-order valence-corrected chi connectivity index (χ1v) is 5.83. The largest absolute Gasteiger partial charge is 0.377 e. The molecule has 0 bridgehead atoms. The van der Waals surface area contributed by atoms with E-state index in [1.165, 1.54) is 0 Å². The molecule has 2 rings (SSSR count). The summed E-state index contributed by atoms with van der Waals surface area (Å²) < 4.78 is 5.46. The van der Waals surface area contributed by atoms with E-state index >= 15 is 0 Å². The van der Waals surface area contributed by atoms with Crippen LogP contribution in [0, 0.1) is 0 Å². The van der Waals surface area contributed by atoms with Gasteiger partial charge in [-0.2, -0.15) is 5.10 Å². The van der Waals surface area contributed by atoms with E-state index in [0.717, 1.165) is 23.1 Å². The van der Waals surface area contributed by atoms with Crippen molar-refractivity contribution in [1.82, 2.24) is 10.2 Å². The summed E-state index contributed by atoms with van der Waals surface area (Å²) in [5, 5.41) is 13.5. The first-order valence-electron chi connectivity index (χ1n) is 5.83. The van der Waals surface area contributed by atoms with E-state index in [2.05, 4.69) is 15.5 Å². The van der Waals surface area contributed by atoms with Crippen LogP contribution in [0.2, 0.25) is 0 Å². The Labute approximate surface area is 101 Å². The van der Waals surface area contributed by atoms with Gasteiger partial charge in [0.25, 0.3) is 0 Å². The lowest BCUT2D eigenvalue weighted by molar-refractivity contribution is 0.0870. The number of hydrogen-bond acceptors (Lipinski definition) is 4. The normalized spacial score (nSPS) is 11.0. The van der Waals surface area contributed by atoms with E-state index in [1.807, 2.05) is 38.1 Å². The zero-order valence-electron chi connectivity index (χ0n) is 10.2. The minimum Gasteiger partial charge on any atom is -0.377 e. The van der Waals surface area contributed by atoms with E-state index in [9.17, 15) is 0 Å². The monoisotopic (exact) mass is 231 g/mol. The topological polar surface area (TPSA) is 47.0 Å². The fraction of sp³-hybridized carbons (Fsp3) is 0.385. The summed E-state index contributed by atoms with van der Waals surface area (Å²) in [7, 11) is 0. The minimum absolute atomic E-state index is 0.260. The Morgan fingerprint density at radius 3 is 2.94 bits per heavy atom. The van der Waals surface area contributed by atoms with Crippen molar-refractivity contribution in [3.05, 3.63) is 30.5 Å². The third-order valence-electron chi connectivity index (χ3n) is 2.42. The zero-order chi connectivity index (χ0) is 12.1. The van der Waals surface area contributed by atoms with Crippen molar-refractivity contribution < 1.29 is 4.74 Å². The maximum absolute atomic E-state index is 5.46. The van der Waals surface area contributed by atoms with Gasteiger partial charge in [-0.15, -0.1) is 5.10 Å². The van der Waals surface area contributed by atoms with Crippen LogP contribution in [-0.4, -0.2) is 29.5 Å². The molecular weight excluding hydrogens is 214 g/mol. The van der Waals surface area contributed by atoms with E-state index in [0.29, 0.717) is 6.61 Å². The van der Waals surface area contributed by atoms with E-state index < -0.39 is 0 Å². The summed E-state index contributed by atoms with van der Waals surface area (Å²) in [6, 6.07) is 8.06. The van der Waals surface area contributed by atoms with Gasteiger partial charge in [0.05, 0.1) is 18.9 Å². The second-order valence-corrected chi connectivity index (χ2v) is 4.13. The lowest BCUT2D eigenvalue weighted by Gasteiger charge is -2.10. The quantitative estimate of drug-likeness (QED) is 0.803. The Balaban J connectivity index is 2.03. The van der Waals surface area contributed by atoms with Gasteiger partial charge in [0.1, 0.15) is 0 Å². The van der Waals surface area contributed by atoms with Gasteiger partial charge in [-0.25, -0.2) is 0 Å². The van der Waals surface area contributed by atoms with Crippen molar-refractivity contribution in [3.63, 3.8) is 0 Å². The van der Waals surface area contributed by atoms with Crippen LogP contribution in [0.15, 0.2) is 30.5 Å². The van der Waals surface area contributed by atoms with Gasteiger partial charge in [-0.3, -0.25) is 0 Å². The molecule has 2 aromatic rings. The van der Waals surface area contributed by atoms with Crippen LogP contribution >= 0.6 is 0 Å². The number of anilines is 1. The molecule has 17 heavy (non-hydrogen) atoms. The maximum atomic E-state index is 5.46. The molecule has 4 heteroatoms. The minimum atomic E-state index is 0.260. The second-order valence-electron chi connectivity index (χ2n) is 4.13. The lowest BCUT2D eigenvalue weighted by Crippen LogP contribution is -2.14. The fourth-order valence-electron chi connectivity index (χ4n) is 1.62. The van der Waals surface area contributed by atoms with Crippen LogP contribution < -0.4 is 5.32 Å². The van der Waals surface area contributed by atoms with Crippen LogP contribution in [0.3, 0.4) is 0 Å². The molecule has 0 amide bonds. The average molecular weight is 231 g/mol. The third kappa shape index (κ3) is 3.14. The van der Waals surface area contributed by atoms with Crippen LogP contribution in [0.5, 0.6) is 0 Å². The van der Waals surface area contributed by atoms with E-state index in [-0.39, 0.29) is 6.10 Å². The van der Waals surface area contributed by atoms with Crippen molar-refractivity contribution in [2.75, 3.05) is 18.5 Å². The molecule has 4 nitrogen and oxygen atoms in total. The molecule has 0 unspecified atom stereocenters. The Morgan fingerprint density at radius 1 is 1.29 bits per heavy atom. The smallest absolute Gasteiger partial charge is 0.156 e. The predicted molar refractivity (Wildman–Crippen MR) is 69.1 cm³/mol. The second kappa shape index (κ2) is 5.59. The molecule has 1 aromatic heterocycles. The Morgan fingerprint density at radius 2 is 2.12 bits per heavy atom. The highest BCUT2D eigenvalue weighted by Crippen LogP contribution is 2.18. The number of aromatic nitrogens is 2. The number of nitrogens with zero attached hydrogens (tertiary/aromatic N) is 2. The zero-order valence-corrected chi connectivity index (χ0v) is 10.2. The molecule has 0 saturated heterocycles. The number of hydrogen-bond donors (Lipinski definition) is 1. The maximum Gasteiger partial charge on any atom is 0.156 e. The van der Waals surface area contributed by atoms with Gasteiger partial charge in [-0.05, 0) is 13.8 Å². The number of benzene rings is 1. The van der Waals surface area contributed by atoms with Gasteiger partial charge in [0, 0.05) is 17.3 Å². The summed E-state index contributed by atoms with van der Waals surface area (Å²) >= 11 is 0. The predicted octanol–water partition coefficient (Wildman–Crippen LogP) is 2.47. The van der Waals surface area contributed by atoms with E-state index in [1.54, 1.807) is 6.20 Å². The molecule has 0 aliphatic rings. The Kier molecular flexibility index (Phi) is 3.88. The number of nitrogens with one attached hydrogen (secondary N) is 1. The Hall–Kier alpha value is -1.68. The molecular formula is C13H17N3O. The van der Waals surface area contributed by atoms with Crippen LogP contribution in [0.1, 0.15) is 13.8 Å².